The summed E-state index contributed by atoms with van der Waals surface area (Å²) in [5, 5.41) is 8.64. The van der Waals surface area contributed by atoms with Crippen LogP contribution in [0.15, 0.2) is 18.2 Å². The van der Waals surface area contributed by atoms with Gasteiger partial charge in [0.15, 0.2) is 6.04 Å². The molecule has 0 saturated heterocycles. The van der Waals surface area contributed by atoms with Gasteiger partial charge in [0, 0.05) is 13.6 Å². The second-order valence-electron chi connectivity index (χ2n) is 4.41. The van der Waals surface area contributed by atoms with Gasteiger partial charge in [0.05, 0.1) is 0 Å². The van der Waals surface area contributed by atoms with E-state index < -0.39 is 17.9 Å². The molecule has 0 bridgehead atoms. The smallest absolute Gasteiger partial charge is 0.330 e. The van der Waals surface area contributed by atoms with Crippen molar-refractivity contribution >= 4 is 11.9 Å². The Hall–Kier alpha value is -1.95. The van der Waals surface area contributed by atoms with E-state index >= 15 is 0 Å². The number of carboxylic acid groups (broad SMARTS) is 1. The Bertz CT molecular complexity index is 491. The lowest BCUT2D eigenvalue weighted by atomic mass is 10.1. The molecule has 3 N–H and O–H groups in total. The third-order valence-corrected chi connectivity index (χ3v) is 2.87. The molecule has 1 atom stereocenters. The Balaban J connectivity index is 2.58. The van der Waals surface area contributed by atoms with Crippen molar-refractivity contribution in [3.63, 3.8) is 0 Å². The van der Waals surface area contributed by atoms with Crippen molar-refractivity contribution in [1.82, 2.24) is 4.90 Å². The molecule has 1 amide bonds. The van der Waals surface area contributed by atoms with Crippen LogP contribution in [-0.4, -0.2) is 41.5 Å². The highest BCUT2D eigenvalue weighted by Crippen LogP contribution is 2.10. The van der Waals surface area contributed by atoms with Gasteiger partial charge in [-0.1, -0.05) is 12.1 Å². The van der Waals surface area contributed by atoms with Crippen LogP contribution in [0.3, 0.4) is 0 Å². The number of nitrogens with two attached hydrogens (primary N) is 1. The summed E-state index contributed by atoms with van der Waals surface area (Å²) < 4.78 is 13.1. The van der Waals surface area contributed by atoms with Crippen LogP contribution in [0.5, 0.6) is 0 Å². The van der Waals surface area contributed by atoms with Crippen molar-refractivity contribution in [2.24, 2.45) is 5.73 Å². The number of nitrogens with zero attached hydrogens (tertiary/aromatic N) is 1. The summed E-state index contributed by atoms with van der Waals surface area (Å²) >= 11 is 0. The highest BCUT2D eigenvalue weighted by molar-refractivity contribution is 6.00. The first kappa shape index (κ1) is 15.1. The minimum atomic E-state index is -1.54. The molecule has 0 aromatic heterocycles. The molecule has 1 rings (SSSR count). The number of benzene rings is 1. The van der Waals surface area contributed by atoms with Crippen LogP contribution < -0.4 is 5.73 Å². The van der Waals surface area contributed by atoms with E-state index in [1.54, 1.807) is 19.1 Å². The summed E-state index contributed by atoms with van der Waals surface area (Å²) in [6.07, 6.45) is 0.510. The van der Waals surface area contributed by atoms with Gasteiger partial charge in [0.25, 0.3) is 5.91 Å². The van der Waals surface area contributed by atoms with E-state index in [0.717, 1.165) is 5.56 Å². The number of rotatable bonds is 5. The van der Waals surface area contributed by atoms with E-state index in [2.05, 4.69) is 0 Å². The van der Waals surface area contributed by atoms with Crippen molar-refractivity contribution in [2.45, 2.75) is 19.4 Å². The molecule has 104 valence electrons. The maximum atomic E-state index is 13.1. The van der Waals surface area contributed by atoms with Crippen LogP contribution in [0, 0.1) is 12.7 Å². The number of hydrogen-bond donors (Lipinski definition) is 2. The summed E-state index contributed by atoms with van der Waals surface area (Å²) in [5.41, 5.74) is 6.65. The maximum absolute atomic E-state index is 13.1. The summed E-state index contributed by atoms with van der Waals surface area (Å²) in [5.74, 6) is -2.28. The molecule has 0 aliphatic carbocycles. The van der Waals surface area contributed by atoms with Gasteiger partial charge in [-0.05, 0) is 30.5 Å². The average Bonchev–Trinajstić information content (AvgIpc) is 2.37. The monoisotopic (exact) mass is 268 g/mol. The number of carboxylic acids is 1. The van der Waals surface area contributed by atoms with Gasteiger partial charge in [0.2, 0.25) is 0 Å². The van der Waals surface area contributed by atoms with Gasteiger partial charge in [-0.15, -0.1) is 0 Å². The molecular formula is C13H17FN2O3. The molecular weight excluding hydrogens is 251 g/mol. The summed E-state index contributed by atoms with van der Waals surface area (Å²) in [7, 11) is 1.49. The minimum Gasteiger partial charge on any atom is -0.480 e. The molecule has 0 aliphatic heterocycles. The van der Waals surface area contributed by atoms with Gasteiger partial charge >= 0.3 is 5.97 Å². The van der Waals surface area contributed by atoms with Crippen LogP contribution >= 0.6 is 0 Å². The predicted molar refractivity (Wildman–Crippen MR) is 68.1 cm³/mol. The summed E-state index contributed by atoms with van der Waals surface area (Å²) in [6, 6.07) is 3.16. The Morgan fingerprint density at radius 3 is 2.63 bits per heavy atom. The van der Waals surface area contributed by atoms with Gasteiger partial charge in [0.1, 0.15) is 5.82 Å². The molecule has 1 unspecified atom stereocenters. The Kier molecular flexibility index (Phi) is 5.00. The van der Waals surface area contributed by atoms with Gasteiger partial charge in [-0.2, -0.15) is 0 Å². The number of carbonyl (C=O) groups excluding carboxylic acids is 1. The topological polar surface area (TPSA) is 83.6 Å². The third kappa shape index (κ3) is 4.03. The highest BCUT2D eigenvalue weighted by Gasteiger charge is 2.24. The predicted octanol–water partition coefficient (Wildman–Crippen LogP) is 0.547. The molecule has 5 nitrogen and oxygen atoms in total. The Morgan fingerprint density at radius 1 is 1.47 bits per heavy atom. The van der Waals surface area contributed by atoms with Crippen LogP contribution in [0.1, 0.15) is 11.1 Å². The van der Waals surface area contributed by atoms with Gasteiger partial charge in [-0.3, -0.25) is 4.79 Å². The SMILES string of the molecule is Cc1cc(CCN(C)C(=O)C(N)C(=O)O)ccc1F. The zero-order chi connectivity index (χ0) is 14.6. The lowest BCUT2D eigenvalue weighted by Crippen LogP contribution is -2.47. The van der Waals surface area contributed by atoms with E-state index in [1.165, 1.54) is 18.0 Å². The van der Waals surface area contributed by atoms with Crippen molar-refractivity contribution < 1.29 is 19.1 Å². The maximum Gasteiger partial charge on any atom is 0.330 e. The summed E-state index contributed by atoms with van der Waals surface area (Å²) in [6.45, 7) is 1.99. The van der Waals surface area contributed by atoms with Gasteiger partial charge in [-0.25, -0.2) is 9.18 Å². The Labute approximate surface area is 110 Å². The zero-order valence-electron chi connectivity index (χ0n) is 10.9. The van der Waals surface area contributed by atoms with Crippen LogP contribution in [0.4, 0.5) is 4.39 Å². The van der Waals surface area contributed by atoms with E-state index in [1.807, 2.05) is 0 Å². The molecule has 0 spiro atoms. The average molecular weight is 268 g/mol. The molecule has 6 heteroatoms. The molecule has 0 radical (unpaired) electrons. The number of halogens is 1. The molecule has 19 heavy (non-hydrogen) atoms. The molecule has 1 aromatic rings. The lowest BCUT2D eigenvalue weighted by Gasteiger charge is -2.19. The van der Waals surface area contributed by atoms with Gasteiger partial charge < -0.3 is 15.7 Å². The zero-order valence-corrected chi connectivity index (χ0v) is 10.9. The molecule has 0 fully saturated rings. The summed E-state index contributed by atoms with van der Waals surface area (Å²) in [4.78, 5) is 23.4. The van der Waals surface area contributed by atoms with Crippen LogP contribution in [0.2, 0.25) is 0 Å². The Morgan fingerprint density at radius 2 is 2.11 bits per heavy atom. The lowest BCUT2D eigenvalue weighted by molar-refractivity contribution is -0.145. The van der Waals surface area contributed by atoms with Crippen molar-refractivity contribution in [2.75, 3.05) is 13.6 Å². The van der Waals surface area contributed by atoms with Crippen LogP contribution in [0.25, 0.3) is 0 Å². The molecule has 0 heterocycles. The van der Waals surface area contributed by atoms with Crippen molar-refractivity contribution in [3.05, 3.63) is 35.1 Å². The second kappa shape index (κ2) is 6.29. The first-order valence-corrected chi connectivity index (χ1v) is 5.81. The van der Waals surface area contributed by atoms with E-state index in [0.29, 0.717) is 18.5 Å². The van der Waals surface area contributed by atoms with E-state index in [-0.39, 0.29) is 5.82 Å². The fraction of sp³-hybridized carbons (Fsp3) is 0.385. The number of likely N-dealkylation sites (N-methyl/N-ethyl adjacent to an activating group) is 1. The van der Waals surface area contributed by atoms with Crippen molar-refractivity contribution in [1.29, 1.82) is 0 Å². The third-order valence-electron chi connectivity index (χ3n) is 2.87. The first-order chi connectivity index (χ1) is 8.82. The van der Waals surface area contributed by atoms with Crippen molar-refractivity contribution in [3.8, 4) is 0 Å². The molecule has 0 saturated carbocycles. The van der Waals surface area contributed by atoms with Crippen LogP contribution in [-0.2, 0) is 16.0 Å². The number of hydrogen-bond acceptors (Lipinski definition) is 3. The number of carbonyl (C=O) groups is 2. The van der Waals surface area contributed by atoms with E-state index in [4.69, 9.17) is 10.8 Å². The normalized spacial score (nSPS) is 12.0. The fourth-order valence-electron chi connectivity index (χ4n) is 1.61. The number of aryl methyl sites for hydroxylation is 1. The quantitative estimate of drug-likeness (QED) is 0.764. The number of amides is 1. The molecule has 0 aliphatic rings. The fourth-order valence-corrected chi connectivity index (χ4v) is 1.61. The second-order valence-corrected chi connectivity index (χ2v) is 4.41. The first-order valence-electron chi connectivity index (χ1n) is 5.81. The van der Waals surface area contributed by atoms with E-state index in [9.17, 15) is 14.0 Å². The standard InChI is InChI=1S/C13H17FN2O3/c1-8-7-9(3-4-10(8)14)5-6-16(2)12(17)11(15)13(18)19/h3-4,7,11H,5-6,15H2,1-2H3,(H,18,19). The minimum absolute atomic E-state index is 0.277. The largest absolute Gasteiger partial charge is 0.480 e. The molecule has 1 aromatic carbocycles. The highest BCUT2D eigenvalue weighted by atomic mass is 19.1. The number of aliphatic carboxylic acids is 1.